The summed E-state index contributed by atoms with van der Waals surface area (Å²) in [4.78, 5) is 32.7. The van der Waals surface area contributed by atoms with E-state index in [0.29, 0.717) is 44.2 Å². The Morgan fingerprint density at radius 3 is 2.84 bits per heavy atom. The molecule has 0 saturated carbocycles. The van der Waals surface area contributed by atoms with E-state index in [2.05, 4.69) is 30.2 Å². The van der Waals surface area contributed by atoms with Gasteiger partial charge in [-0.15, -0.1) is 0 Å². The lowest BCUT2D eigenvalue weighted by Crippen LogP contribution is -2.26. The highest BCUT2D eigenvalue weighted by Crippen LogP contribution is 2.27. The number of fused-ring (bicyclic) bond motifs is 2. The van der Waals surface area contributed by atoms with Gasteiger partial charge in [0.15, 0.2) is 11.5 Å². The quantitative estimate of drug-likeness (QED) is 0.413. The van der Waals surface area contributed by atoms with E-state index in [-0.39, 0.29) is 11.6 Å². The molecular formula is C21H15ClFN7O. The van der Waals surface area contributed by atoms with E-state index < -0.39 is 5.95 Å². The number of H-pyrrole nitrogens is 1. The highest BCUT2D eigenvalue weighted by Gasteiger charge is 2.19. The Hall–Kier alpha value is -3.85. The lowest BCUT2D eigenvalue weighted by Gasteiger charge is -2.21. The standard InChI is InChI=1S/C21H15ClFN7O/c1-11(29-20-18-19(26-9-25-18)27-10-28-20)15-7-12-3-2-4-14(22)17(12)21(31)30(15)13-5-6-16(23)24-8-13/h2-11H,1H3,(H2,25,26,27,28,29). The minimum absolute atomic E-state index is 0.325. The van der Waals surface area contributed by atoms with Gasteiger partial charge >= 0.3 is 0 Å². The van der Waals surface area contributed by atoms with Gasteiger partial charge < -0.3 is 10.3 Å². The van der Waals surface area contributed by atoms with Crippen molar-refractivity contribution in [2.75, 3.05) is 5.32 Å². The maximum atomic E-state index is 13.5. The molecule has 4 aromatic heterocycles. The van der Waals surface area contributed by atoms with E-state index >= 15 is 0 Å². The van der Waals surface area contributed by atoms with Crippen LogP contribution in [-0.4, -0.2) is 29.5 Å². The molecule has 0 spiro atoms. The zero-order valence-electron chi connectivity index (χ0n) is 16.2. The molecule has 0 aliphatic rings. The number of benzene rings is 1. The third kappa shape index (κ3) is 3.28. The van der Waals surface area contributed by atoms with E-state index in [1.54, 1.807) is 12.1 Å². The molecule has 0 bridgehead atoms. The van der Waals surface area contributed by atoms with Crippen LogP contribution in [0, 0.1) is 5.95 Å². The van der Waals surface area contributed by atoms with Crippen molar-refractivity contribution in [1.82, 2.24) is 29.5 Å². The second-order valence-electron chi connectivity index (χ2n) is 6.94. The summed E-state index contributed by atoms with van der Waals surface area (Å²) < 4.78 is 14.9. The predicted octanol–water partition coefficient (Wildman–Crippen LogP) is 4.02. The topological polar surface area (TPSA) is 101 Å². The zero-order chi connectivity index (χ0) is 21.5. The molecule has 5 rings (SSSR count). The third-order valence-corrected chi connectivity index (χ3v) is 5.33. The van der Waals surface area contributed by atoms with Crippen LogP contribution in [0.25, 0.3) is 27.6 Å². The Bertz CT molecular complexity index is 1480. The van der Waals surface area contributed by atoms with Crippen molar-refractivity contribution in [2.24, 2.45) is 0 Å². The summed E-state index contributed by atoms with van der Waals surface area (Å²) >= 11 is 6.33. The van der Waals surface area contributed by atoms with Crippen LogP contribution in [-0.2, 0) is 0 Å². The first-order valence-corrected chi connectivity index (χ1v) is 9.77. The molecule has 8 nitrogen and oxygen atoms in total. The van der Waals surface area contributed by atoms with Crippen molar-refractivity contribution < 1.29 is 4.39 Å². The van der Waals surface area contributed by atoms with Crippen LogP contribution in [0.5, 0.6) is 0 Å². The van der Waals surface area contributed by atoms with Crippen LogP contribution < -0.4 is 10.9 Å². The second kappa shape index (κ2) is 7.44. The molecular weight excluding hydrogens is 421 g/mol. The summed E-state index contributed by atoms with van der Waals surface area (Å²) in [6.07, 6.45) is 4.26. The molecule has 1 atom stereocenters. The summed E-state index contributed by atoms with van der Waals surface area (Å²) in [6.45, 7) is 1.89. The van der Waals surface area contributed by atoms with E-state index in [1.165, 1.54) is 35.6 Å². The van der Waals surface area contributed by atoms with Gasteiger partial charge in [0.2, 0.25) is 5.95 Å². The summed E-state index contributed by atoms with van der Waals surface area (Å²) in [5.41, 5.74) is 1.89. The highest BCUT2D eigenvalue weighted by atomic mass is 35.5. The number of aromatic amines is 1. The Balaban J connectivity index is 1.71. The fraction of sp³-hybridized carbons (Fsp3) is 0.0952. The minimum Gasteiger partial charge on any atom is -0.360 e. The number of nitrogens with zero attached hydrogens (tertiary/aromatic N) is 5. The van der Waals surface area contributed by atoms with Gasteiger partial charge in [0.05, 0.1) is 34.7 Å². The molecule has 0 aliphatic carbocycles. The lowest BCUT2D eigenvalue weighted by atomic mass is 10.1. The number of hydrogen-bond acceptors (Lipinski definition) is 6. The number of hydrogen-bond donors (Lipinski definition) is 2. The Morgan fingerprint density at radius 2 is 2.03 bits per heavy atom. The first kappa shape index (κ1) is 19.1. The van der Waals surface area contributed by atoms with Crippen molar-refractivity contribution >= 4 is 39.4 Å². The van der Waals surface area contributed by atoms with Crippen molar-refractivity contribution in [1.29, 1.82) is 0 Å². The molecule has 1 aromatic carbocycles. The van der Waals surface area contributed by atoms with Gasteiger partial charge in [0, 0.05) is 5.69 Å². The summed E-state index contributed by atoms with van der Waals surface area (Å²) in [7, 11) is 0. The van der Waals surface area contributed by atoms with E-state index in [1.807, 2.05) is 19.1 Å². The Kier molecular flexibility index (Phi) is 4.59. The van der Waals surface area contributed by atoms with Crippen molar-refractivity contribution in [3.63, 3.8) is 0 Å². The predicted molar refractivity (Wildman–Crippen MR) is 116 cm³/mol. The van der Waals surface area contributed by atoms with Crippen molar-refractivity contribution in [3.05, 3.63) is 82.3 Å². The molecule has 4 heterocycles. The molecule has 0 radical (unpaired) electrons. The molecule has 31 heavy (non-hydrogen) atoms. The van der Waals surface area contributed by atoms with Gasteiger partial charge in [0.1, 0.15) is 11.8 Å². The molecule has 2 N–H and O–H groups in total. The van der Waals surface area contributed by atoms with Crippen LogP contribution in [0.2, 0.25) is 5.02 Å². The Labute approximate surface area is 179 Å². The summed E-state index contributed by atoms with van der Waals surface area (Å²) in [5.74, 6) is -0.0941. The van der Waals surface area contributed by atoms with Gasteiger partial charge in [-0.1, -0.05) is 23.7 Å². The highest BCUT2D eigenvalue weighted by molar-refractivity contribution is 6.35. The average Bonchev–Trinajstić information content (AvgIpc) is 3.24. The number of imidazole rings is 1. The molecule has 10 heteroatoms. The number of anilines is 1. The van der Waals surface area contributed by atoms with Crippen molar-refractivity contribution in [3.8, 4) is 5.69 Å². The molecule has 154 valence electrons. The molecule has 1 unspecified atom stereocenters. The first-order valence-electron chi connectivity index (χ1n) is 9.39. The van der Waals surface area contributed by atoms with Crippen LogP contribution in [0.15, 0.2) is 60.0 Å². The number of aromatic nitrogens is 6. The maximum absolute atomic E-state index is 13.5. The molecule has 5 aromatic rings. The molecule has 0 aliphatic heterocycles. The maximum Gasteiger partial charge on any atom is 0.264 e. The molecule has 0 fully saturated rings. The third-order valence-electron chi connectivity index (χ3n) is 5.01. The largest absolute Gasteiger partial charge is 0.360 e. The van der Waals surface area contributed by atoms with Gasteiger partial charge in [-0.3, -0.25) is 9.36 Å². The van der Waals surface area contributed by atoms with Gasteiger partial charge in [-0.2, -0.15) is 4.39 Å². The fourth-order valence-electron chi connectivity index (χ4n) is 3.58. The van der Waals surface area contributed by atoms with Crippen LogP contribution in [0.3, 0.4) is 0 Å². The summed E-state index contributed by atoms with van der Waals surface area (Å²) in [5, 5.41) is 4.72. The number of pyridine rings is 2. The van der Waals surface area contributed by atoms with Crippen LogP contribution in [0.4, 0.5) is 10.2 Å². The molecule has 0 saturated heterocycles. The average molecular weight is 436 g/mol. The molecule has 0 amide bonds. The Morgan fingerprint density at radius 1 is 1.16 bits per heavy atom. The van der Waals surface area contributed by atoms with Gasteiger partial charge in [0.25, 0.3) is 5.56 Å². The first-order chi connectivity index (χ1) is 15.0. The van der Waals surface area contributed by atoms with Crippen LogP contribution >= 0.6 is 11.6 Å². The van der Waals surface area contributed by atoms with Gasteiger partial charge in [-0.25, -0.2) is 19.9 Å². The van der Waals surface area contributed by atoms with E-state index in [4.69, 9.17) is 11.6 Å². The smallest absolute Gasteiger partial charge is 0.264 e. The number of nitrogens with one attached hydrogen (secondary N) is 2. The van der Waals surface area contributed by atoms with Crippen molar-refractivity contribution in [2.45, 2.75) is 13.0 Å². The summed E-state index contributed by atoms with van der Waals surface area (Å²) in [6, 6.07) is 9.48. The fourth-order valence-corrected chi connectivity index (χ4v) is 3.84. The monoisotopic (exact) mass is 435 g/mol. The number of rotatable bonds is 4. The second-order valence-corrected chi connectivity index (χ2v) is 7.35. The SMILES string of the molecule is CC(Nc1ncnc2nc[nH]c12)c1cc2cccc(Cl)c2c(=O)n1-c1ccc(F)nc1. The number of halogens is 2. The van der Waals surface area contributed by atoms with E-state index in [0.717, 1.165) is 0 Å². The minimum atomic E-state index is -0.633. The van der Waals surface area contributed by atoms with Crippen LogP contribution in [0.1, 0.15) is 18.7 Å². The van der Waals surface area contributed by atoms with E-state index in [9.17, 15) is 9.18 Å². The lowest BCUT2D eigenvalue weighted by molar-refractivity contribution is 0.582. The van der Waals surface area contributed by atoms with Gasteiger partial charge in [-0.05, 0) is 36.6 Å². The normalized spacial score (nSPS) is 12.4. The zero-order valence-corrected chi connectivity index (χ0v) is 16.9.